The Kier molecular flexibility index (Phi) is 4.17. The van der Waals surface area contributed by atoms with Gasteiger partial charge in [0, 0.05) is 5.56 Å². The van der Waals surface area contributed by atoms with Crippen molar-refractivity contribution >= 4 is 24.5 Å². The third kappa shape index (κ3) is 2.99. The number of benzene rings is 1. The molecule has 4 nitrogen and oxygen atoms in total. The first-order valence-electron chi connectivity index (χ1n) is 4.26. The van der Waals surface area contributed by atoms with Crippen LogP contribution in [0.5, 0.6) is 0 Å². The van der Waals surface area contributed by atoms with Gasteiger partial charge < -0.3 is 10.1 Å². The van der Waals surface area contributed by atoms with E-state index in [0.717, 1.165) is 0 Å². The van der Waals surface area contributed by atoms with Gasteiger partial charge in [-0.25, -0.2) is 4.79 Å². The zero-order valence-electron chi connectivity index (χ0n) is 8.19. The van der Waals surface area contributed by atoms with Gasteiger partial charge in [0.1, 0.15) is 0 Å². The largest absolute Gasteiger partial charge is 0.465 e. The Morgan fingerprint density at radius 2 is 1.80 bits per heavy atom. The Morgan fingerprint density at radius 3 is 2.27 bits per heavy atom. The lowest BCUT2D eigenvalue weighted by Crippen LogP contribution is -2.21. The third-order valence-electron chi connectivity index (χ3n) is 1.81. The van der Waals surface area contributed by atoms with Crippen LogP contribution in [-0.2, 0) is 4.74 Å². The molecule has 1 aromatic carbocycles. The molecule has 0 atom stereocenters. The van der Waals surface area contributed by atoms with E-state index in [0.29, 0.717) is 11.1 Å². The standard InChI is InChI=1S/C10H11NO3S/c1-14-10(13)8-4-2-7(3-5-8)9(12)11-6-15/h2-5,15H,6H2,1H3,(H,11,12). The fourth-order valence-corrected chi connectivity index (χ4v) is 1.19. The smallest absolute Gasteiger partial charge is 0.337 e. The van der Waals surface area contributed by atoms with E-state index in [9.17, 15) is 9.59 Å². The summed E-state index contributed by atoms with van der Waals surface area (Å²) < 4.78 is 4.53. The Morgan fingerprint density at radius 1 is 1.27 bits per heavy atom. The van der Waals surface area contributed by atoms with Crippen LogP contribution in [0.2, 0.25) is 0 Å². The second-order valence-electron chi connectivity index (χ2n) is 2.73. The monoisotopic (exact) mass is 225 g/mol. The van der Waals surface area contributed by atoms with Gasteiger partial charge in [-0.3, -0.25) is 4.79 Å². The zero-order chi connectivity index (χ0) is 11.3. The molecule has 5 heteroatoms. The summed E-state index contributed by atoms with van der Waals surface area (Å²) >= 11 is 3.87. The minimum absolute atomic E-state index is 0.221. The van der Waals surface area contributed by atoms with Crippen LogP contribution in [0.3, 0.4) is 0 Å². The minimum Gasteiger partial charge on any atom is -0.465 e. The van der Waals surface area contributed by atoms with Gasteiger partial charge in [-0.1, -0.05) is 0 Å². The molecule has 0 heterocycles. The molecule has 15 heavy (non-hydrogen) atoms. The summed E-state index contributed by atoms with van der Waals surface area (Å²) in [4.78, 5) is 22.4. The number of hydrogen-bond acceptors (Lipinski definition) is 4. The first-order valence-corrected chi connectivity index (χ1v) is 4.89. The van der Waals surface area contributed by atoms with Crippen molar-refractivity contribution in [1.29, 1.82) is 0 Å². The lowest BCUT2D eigenvalue weighted by molar-refractivity contribution is 0.0600. The van der Waals surface area contributed by atoms with E-state index in [-0.39, 0.29) is 11.8 Å². The van der Waals surface area contributed by atoms with Crippen molar-refractivity contribution in [1.82, 2.24) is 5.32 Å². The number of esters is 1. The van der Waals surface area contributed by atoms with Gasteiger partial charge in [-0.05, 0) is 24.3 Å². The summed E-state index contributed by atoms with van der Waals surface area (Å²) in [5, 5.41) is 2.53. The number of carbonyl (C=O) groups excluding carboxylic acids is 2. The van der Waals surface area contributed by atoms with E-state index in [4.69, 9.17) is 0 Å². The molecule has 0 aliphatic heterocycles. The maximum atomic E-state index is 11.3. The van der Waals surface area contributed by atoms with Crippen molar-refractivity contribution in [2.45, 2.75) is 0 Å². The molecule has 0 bridgehead atoms. The Hall–Kier alpha value is -1.49. The van der Waals surface area contributed by atoms with Crippen molar-refractivity contribution in [2.24, 2.45) is 0 Å². The lowest BCUT2D eigenvalue weighted by atomic mass is 10.1. The highest BCUT2D eigenvalue weighted by molar-refractivity contribution is 7.80. The summed E-state index contributed by atoms with van der Waals surface area (Å²) in [6.45, 7) is 0. The zero-order valence-corrected chi connectivity index (χ0v) is 9.08. The molecule has 0 saturated carbocycles. The second kappa shape index (κ2) is 5.41. The molecule has 0 spiro atoms. The highest BCUT2D eigenvalue weighted by Gasteiger charge is 2.07. The summed E-state index contributed by atoms with van der Waals surface area (Å²) in [7, 11) is 1.31. The van der Waals surface area contributed by atoms with Gasteiger partial charge in [0.25, 0.3) is 5.91 Å². The SMILES string of the molecule is COC(=O)c1ccc(C(=O)NCS)cc1. The predicted molar refractivity (Wildman–Crippen MR) is 59.1 cm³/mol. The average Bonchev–Trinajstić information content (AvgIpc) is 2.28. The van der Waals surface area contributed by atoms with E-state index in [1.807, 2.05) is 0 Å². The topological polar surface area (TPSA) is 55.4 Å². The Balaban J connectivity index is 2.80. The molecule has 0 unspecified atom stereocenters. The summed E-state index contributed by atoms with van der Waals surface area (Å²) in [6, 6.07) is 6.20. The minimum atomic E-state index is -0.420. The van der Waals surface area contributed by atoms with Crippen molar-refractivity contribution in [3.8, 4) is 0 Å². The second-order valence-corrected chi connectivity index (χ2v) is 3.05. The summed E-state index contributed by atoms with van der Waals surface area (Å²) in [6.07, 6.45) is 0. The van der Waals surface area contributed by atoms with Crippen molar-refractivity contribution < 1.29 is 14.3 Å². The molecule has 80 valence electrons. The number of thiol groups is 1. The highest BCUT2D eigenvalue weighted by atomic mass is 32.1. The van der Waals surface area contributed by atoms with Gasteiger partial charge in [0.05, 0.1) is 18.6 Å². The van der Waals surface area contributed by atoms with Crippen LogP contribution < -0.4 is 5.32 Å². The van der Waals surface area contributed by atoms with Crippen LogP contribution >= 0.6 is 12.6 Å². The van der Waals surface area contributed by atoms with Gasteiger partial charge in [0.15, 0.2) is 0 Å². The fourth-order valence-electron chi connectivity index (χ4n) is 1.05. The lowest BCUT2D eigenvalue weighted by Gasteiger charge is -2.02. The summed E-state index contributed by atoms with van der Waals surface area (Å²) in [5.74, 6) is -0.366. The first-order chi connectivity index (χ1) is 7.19. The number of rotatable bonds is 3. The number of nitrogens with one attached hydrogen (secondary N) is 1. The van der Waals surface area contributed by atoms with Crippen LogP contribution in [-0.4, -0.2) is 24.9 Å². The fraction of sp³-hybridized carbons (Fsp3) is 0.200. The maximum absolute atomic E-state index is 11.3. The molecular weight excluding hydrogens is 214 g/mol. The van der Waals surface area contributed by atoms with E-state index in [2.05, 4.69) is 22.7 Å². The number of amides is 1. The van der Waals surface area contributed by atoms with Gasteiger partial charge >= 0.3 is 5.97 Å². The molecule has 1 N–H and O–H groups in total. The average molecular weight is 225 g/mol. The molecule has 0 aliphatic carbocycles. The molecular formula is C10H11NO3S. The quantitative estimate of drug-likeness (QED) is 0.460. The van der Waals surface area contributed by atoms with Gasteiger partial charge in [0.2, 0.25) is 0 Å². The van der Waals surface area contributed by atoms with Crippen molar-refractivity contribution in [2.75, 3.05) is 13.0 Å². The Labute approximate surface area is 93.0 Å². The molecule has 0 radical (unpaired) electrons. The van der Waals surface area contributed by atoms with Crippen LogP contribution in [0, 0.1) is 0 Å². The Bertz CT molecular complexity index is 361. The number of carbonyl (C=O) groups is 2. The highest BCUT2D eigenvalue weighted by Crippen LogP contribution is 2.05. The van der Waals surface area contributed by atoms with Crippen molar-refractivity contribution in [3.63, 3.8) is 0 Å². The van der Waals surface area contributed by atoms with E-state index in [1.54, 1.807) is 24.3 Å². The van der Waals surface area contributed by atoms with Crippen LogP contribution in [0.4, 0.5) is 0 Å². The molecule has 1 amide bonds. The van der Waals surface area contributed by atoms with Gasteiger partial charge in [-0.15, -0.1) is 0 Å². The molecule has 0 saturated heterocycles. The molecule has 0 aromatic heterocycles. The maximum Gasteiger partial charge on any atom is 0.337 e. The first kappa shape index (κ1) is 11.6. The van der Waals surface area contributed by atoms with Crippen LogP contribution in [0.1, 0.15) is 20.7 Å². The van der Waals surface area contributed by atoms with Crippen LogP contribution in [0.15, 0.2) is 24.3 Å². The molecule has 1 rings (SSSR count). The van der Waals surface area contributed by atoms with Gasteiger partial charge in [-0.2, -0.15) is 12.6 Å². The number of hydrogen-bond donors (Lipinski definition) is 2. The molecule has 0 fully saturated rings. The third-order valence-corrected chi connectivity index (χ3v) is 1.97. The van der Waals surface area contributed by atoms with E-state index < -0.39 is 5.97 Å². The van der Waals surface area contributed by atoms with E-state index in [1.165, 1.54) is 7.11 Å². The molecule has 0 aliphatic rings. The molecule has 1 aromatic rings. The van der Waals surface area contributed by atoms with Crippen molar-refractivity contribution in [3.05, 3.63) is 35.4 Å². The normalized spacial score (nSPS) is 9.47. The number of methoxy groups -OCH3 is 1. The van der Waals surface area contributed by atoms with E-state index >= 15 is 0 Å². The number of ether oxygens (including phenoxy) is 1. The van der Waals surface area contributed by atoms with Crippen LogP contribution in [0.25, 0.3) is 0 Å². The summed E-state index contributed by atoms with van der Waals surface area (Å²) in [5.41, 5.74) is 0.900. The predicted octanol–water partition coefficient (Wildman–Crippen LogP) is 1.09.